The average Bonchev–Trinajstić information content (AvgIpc) is 2.22. The van der Waals surface area contributed by atoms with Crippen LogP contribution in [0.15, 0.2) is 18.2 Å². The van der Waals surface area contributed by atoms with Crippen LogP contribution < -0.4 is 0 Å². The van der Waals surface area contributed by atoms with Gasteiger partial charge in [0, 0.05) is 6.08 Å². The van der Waals surface area contributed by atoms with Gasteiger partial charge in [-0.2, -0.15) is 0 Å². The highest BCUT2D eigenvalue weighted by atomic mass is 16.5. The molecule has 0 bridgehead atoms. The van der Waals surface area contributed by atoms with E-state index in [0.717, 1.165) is 16.7 Å². The molecule has 0 atom stereocenters. The molecule has 0 spiro atoms. The molecule has 0 saturated carbocycles. The van der Waals surface area contributed by atoms with Crippen molar-refractivity contribution < 1.29 is 14.6 Å². The minimum atomic E-state index is -0.390. The van der Waals surface area contributed by atoms with Crippen molar-refractivity contribution >= 4 is 12.0 Å². The first-order valence-corrected chi connectivity index (χ1v) is 4.61. The molecule has 0 aliphatic rings. The van der Waals surface area contributed by atoms with Crippen LogP contribution in [0.25, 0.3) is 6.08 Å². The van der Waals surface area contributed by atoms with E-state index in [1.807, 2.05) is 26.0 Å². The van der Waals surface area contributed by atoms with Gasteiger partial charge >= 0.3 is 5.97 Å². The van der Waals surface area contributed by atoms with Gasteiger partial charge in [-0.3, -0.25) is 0 Å². The van der Waals surface area contributed by atoms with Gasteiger partial charge in [-0.05, 0) is 48.7 Å². The van der Waals surface area contributed by atoms with Gasteiger partial charge in [-0.15, -0.1) is 0 Å². The molecule has 15 heavy (non-hydrogen) atoms. The largest absolute Gasteiger partial charge is 0.507 e. The number of hydrogen-bond donors (Lipinski definition) is 1. The third kappa shape index (κ3) is 2.84. The Morgan fingerprint density at radius 1 is 1.33 bits per heavy atom. The molecule has 0 saturated heterocycles. The van der Waals surface area contributed by atoms with Crippen LogP contribution in [0.3, 0.4) is 0 Å². The van der Waals surface area contributed by atoms with Gasteiger partial charge in [0.25, 0.3) is 0 Å². The molecule has 3 nitrogen and oxygen atoms in total. The molecule has 0 aliphatic heterocycles. The zero-order valence-electron chi connectivity index (χ0n) is 9.07. The molecule has 1 rings (SSSR count). The number of carbonyl (C=O) groups excluding carboxylic acids is 1. The third-order valence-corrected chi connectivity index (χ3v) is 2.13. The molecule has 0 radical (unpaired) electrons. The molecule has 1 N–H and O–H groups in total. The summed E-state index contributed by atoms with van der Waals surface area (Å²) in [6.45, 7) is 3.63. The first kappa shape index (κ1) is 11.3. The lowest BCUT2D eigenvalue weighted by Crippen LogP contribution is -1.93. The molecule has 80 valence electrons. The summed E-state index contributed by atoms with van der Waals surface area (Å²) in [6.07, 6.45) is 3.01. The average molecular weight is 206 g/mol. The molecule has 0 fully saturated rings. The molecule has 0 unspecified atom stereocenters. The lowest BCUT2D eigenvalue weighted by Gasteiger charge is -2.04. The molecular weight excluding hydrogens is 192 g/mol. The number of benzene rings is 1. The zero-order valence-corrected chi connectivity index (χ0v) is 9.07. The van der Waals surface area contributed by atoms with E-state index in [9.17, 15) is 9.90 Å². The zero-order chi connectivity index (χ0) is 11.4. The van der Waals surface area contributed by atoms with Gasteiger partial charge in [0.15, 0.2) is 0 Å². The van der Waals surface area contributed by atoms with Crippen LogP contribution in [0, 0.1) is 13.8 Å². The van der Waals surface area contributed by atoms with Gasteiger partial charge < -0.3 is 9.84 Å². The molecule has 0 amide bonds. The summed E-state index contributed by atoms with van der Waals surface area (Å²) in [4.78, 5) is 10.9. The predicted molar refractivity (Wildman–Crippen MR) is 58.6 cm³/mol. The van der Waals surface area contributed by atoms with Crippen molar-refractivity contribution in [3.05, 3.63) is 34.9 Å². The Balaban J connectivity index is 2.97. The monoisotopic (exact) mass is 206 g/mol. The standard InChI is InChI=1S/C12H14O3/c1-8-6-10(4-5-11(13)15-3)7-9(2)12(8)14/h4-7,14H,1-3H3. The fraction of sp³-hybridized carbons (Fsp3) is 0.250. The summed E-state index contributed by atoms with van der Waals surface area (Å²) >= 11 is 0. The summed E-state index contributed by atoms with van der Waals surface area (Å²) in [5.41, 5.74) is 2.45. The van der Waals surface area contributed by atoms with Crippen LogP contribution in [0.5, 0.6) is 5.75 Å². The molecule has 0 aliphatic carbocycles. The number of aromatic hydroxyl groups is 1. The Morgan fingerprint density at radius 3 is 2.33 bits per heavy atom. The number of esters is 1. The molecule has 0 aromatic heterocycles. The topological polar surface area (TPSA) is 46.5 Å². The maximum Gasteiger partial charge on any atom is 0.330 e. The lowest BCUT2D eigenvalue weighted by molar-refractivity contribution is -0.134. The van der Waals surface area contributed by atoms with E-state index in [1.165, 1.54) is 13.2 Å². The maximum absolute atomic E-state index is 10.9. The fourth-order valence-corrected chi connectivity index (χ4v) is 1.32. The van der Waals surface area contributed by atoms with Crippen molar-refractivity contribution in [3.63, 3.8) is 0 Å². The van der Waals surface area contributed by atoms with Crippen LogP contribution >= 0.6 is 0 Å². The number of phenols is 1. The van der Waals surface area contributed by atoms with Crippen LogP contribution in [0.2, 0.25) is 0 Å². The highest BCUT2D eigenvalue weighted by Crippen LogP contribution is 2.23. The van der Waals surface area contributed by atoms with E-state index in [1.54, 1.807) is 6.08 Å². The van der Waals surface area contributed by atoms with Crippen molar-refractivity contribution in [3.8, 4) is 5.75 Å². The van der Waals surface area contributed by atoms with Crippen molar-refractivity contribution in [2.75, 3.05) is 7.11 Å². The van der Waals surface area contributed by atoms with Crippen LogP contribution in [-0.4, -0.2) is 18.2 Å². The van der Waals surface area contributed by atoms with E-state index < -0.39 is 5.97 Å². The minimum absolute atomic E-state index is 0.296. The normalized spacial score (nSPS) is 10.6. The van der Waals surface area contributed by atoms with Gasteiger partial charge in [0.1, 0.15) is 5.75 Å². The molecule has 1 aromatic rings. The highest BCUT2D eigenvalue weighted by Gasteiger charge is 2.01. The second kappa shape index (κ2) is 4.64. The number of carbonyl (C=O) groups is 1. The van der Waals surface area contributed by atoms with Gasteiger partial charge in [0.05, 0.1) is 7.11 Å². The Bertz CT molecular complexity index is 382. The first-order chi connectivity index (χ1) is 7.04. The number of ether oxygens (including phenoxy) is 1. The summed E-state index contributed by atoms with van der Waals surface area (Å²) < 4.78 is 4.48. The highest BCUT2D eigenvalue weighted by molar-refractivity contribution is 5.87. The SMILES string of the molecule is COC(=O)C=Cc1cc(C)c(O)c(C)c1. The number of aryl methyl sites for hydroxylation is 2. The first-order valence-electron chi connectivity index (χ1n) is 4.61. The maximum atomic E-state index is 10.9. The number of rotatable bonds is 2. The Morgan fingerprint density at radius 2 is 1.87 bits per heavy atom. The van der Waals surface area contributed by atoms with Crippen LogP contribution in [-0.2, 0) is 9.53 Å². The predicted octanol–water partition coefficient (Wildman–Crippen LogP) is 2.20. The Labute approximate surface area is 89.0 Å². The lowest BCUT2D eigenvalue weighted by atomic mass is 10.1. The second-order valence-electron chi connectivity index (χ2n) is 3.36. The molecule has 1 aromatic carbocycles. The molecule has 0 heterocycles. The van der Waals surface area contributed by atoms with Crippen molar-refractivity contribution in [2.45, 2.75) is 13.8 Å². The van der Waals surface area contributed by atoms with Crippen LogP contribution in [0.4, 0.5) is 0 Å². The van der Waals surface area contributed by atoms with E-state index in [2.05, 4.69) is 4.74 Å². The van der Waals surface area contributed by atoms with E-state index in [-0.39, 0.29) is 0 Å². The number of phenolic OH excluding ortho intramolecular Hbond substituents is 1. The van der Waals surface area contributed by atoms with E-state index >= 15 is 0 Å². The van der Waals surface area contributed by atoms with Crippen molar-refractivity contribution in [1.82, 2.24) is 0 Å². The quantitative estimate of drug-likeness (QED) is 0.596. The minimum Gasteiger partial charge on any atom is -0.507 e. The van der Waals surface area contributed by atoms with Crippen molar-refractivity contribution in [1.29, 1.82) is 0 Å². The Hall–Kier alpha value is -1.77. The molecular formula is C12H14O3. The van der Waals surface area contributed by atoms with E-state index in [0.29, 0.717) is 5.75 Å². The third-order valence-electron chi connectivity index (χ3n) is 2.13. The van der Waals surface area contributed by atoms with Gasteiger partial charge in [-0.25, -0.2) is 4.79 Å². The summed E-state index contributed by atoms with van der Waals surface area (Å²) in [5.74, 6) is -0.0939. The van der Waals surface area contributed by atoms with Crippen LogP contribution in [0.1, 0.15) is 16.7 Å². The molecule has 3 heteroatoms. The smallest absolute Gasteiger partial charge is 0.330 e. The fourth-order valence-electron chi connectivity index (χ4n) is 1.32. The van der Waals surface area contributed by atoms with Crippen molar-refractivity contribution in [2.24, 2.45) is 0 Å². The van der Waals surface area contributed by atoms with Gasteiger partial charge in [0.2, 0.25) is 0 Å². The summed E-state index contributed by atoms with van der Waals surface area (Å²) in [7, 11) is 1.33. The number of hydrogen-bond acceptors (Lipinski definition) is 3. The van der Waals surface area contributed by atoms with Gasteiger partial charge in [-0.1, -0.05) is 0 Å². The number of methoxy groups -OCH3 is 1. The summed E-state index contributed by atoms with van der Waals surface area (Å²) in [6, 6.07) is 3.61. The van der Waals surface area contributed by atoms with E-state index in [4.69, 9.17) is 0 Å². The second-order valence-corrected chi connectivity index (χ2v) is 3.36. The Kier molecular flexibility index (Phi) is 3.50. The summed E-state index contributed by atoms with van der Waals surface area (Å²) in [5, 5.41) is 9.54.